The molecule has 5 rings (SSSR count). The molecule has 3 heterocycles. The molecule has 0 radical (unpaired) electrons. The lowest BCUT2D eigenvalue weighted by Gasteiger charge is -2.29. The average molecular weight is 517 g/mol. The number of hydrogen-bond acceptors (Lipinski definition) is 3. The van der Waals surface area contributed by atoms with E-state index in [1.165, 1.54) is 18.3 Å². The summed E-state index contributed by atoms with van der Waals surface area (Å²) in [5.74, 6) is -0.197. The van der Waals surface area contributed by atoms with E-state index in [9.17, 15) is 9.60 Å². The molecule has 1 fully saturated rings. The monoisotopic (exact) mass is 515 g/mol. The van der Waals surface area contributed by atoms with Gasteiger partial charge in [-0.2, -0.15) is 4.73 Å². The fourth-order valence-corrected chi connectivity index (χ4v) is 5.49. The Morgan fingerprint density at radius 3 is 2.35 bits per heavy atom. The predicted molar refractivity (Wildman–Crippen MR) is 136 cm³/mol. The molecule has 1 aliphatic rings. The SMILES string of the molecule is CN1CCC(c2cc(-c3ccc(F)cc3Cl)c3cc[n+]([O-])c(-c4c(Cl)cccc4Cl)c3n2)CC1. The highest BCUT2D eigenvalue weighted by Gasteiger charge is 2.27. The van der Waals surface area contributed by atoms with Crippen LogP contribution in [0.5, 0.6) is 0 Å². The molecule has 2 aromatic carbocycles. The van der Waals surface area contributed by atoms with Gasteiger partial charge in [0.2, 0.25) is 0 Å². The van der Waals surface area contributed by atoms with E-state index in [1.54, 1.807) is 30.3 Å². The highest BCUT2D eigenvalue weighted by molar-refractivity contribution is 6.39. The van der Waals surface area contributed by atoms with Gasteiger partial charge in [0, 0.05) is 28.6 Å². The van der Waals surface area contributed by atoms with Gasteiger partial charge >= 0.3 is 0 Å². The van der Waals surface area contributed by atoms with E-state index >= 15 is 0 Å². The molecule has 1 aliphatic heterocycles. The average Bonchev–Trinajstić information content (AvgIpc) is 2.80. The maximum absolute atomic E-state index is 13.8. The quantitative estimate of drug-likeness (QED) is 0.215. The van der Waals surface area contributed by atoms with Gasteiger partial charge in [-0.1, -0.05) is 40.9 Å². The van der Waals surface area contributed by atoms with E-state index in [0.717, 1.165) is 41.9 Å². The fourth-order valence-electron chi connectivity index (χ4n) is 4.64. The zero-order chi connectivity index (χ0) is 24.0. The van der Waals surface area contributed by atoms with Crippen LogP contribution in [0.2, 0.25) is 15.1 Å². The summed E-state index contributed by atoms with van der Waals surface area (Å²) in [6.45, 7) is 1.91. The van der Waals surface area contributed by atoms with Crippen molar-refractivity contribution < 1.29 is 9.12 Å². The number of piperidine rings is 1. The number of pyridine rings is 2. The van der Waals surface area contributed by atoms with E-state index in [1.807, 2.05) is 6.07 Å². The number of nitrogens with zero attached hydrogens (tertiary/aromatic N) is 3. The van der Waals surface area contributed by atoms with Gasteiger partial charge in [-0.05, 0) is 74.9 Å². The standard InChI is InChI=1S/C26H21Cl3FN3O/c1-32-10-7-15(8-11-32)23-14-19(17-6-5-16(30)13-22(17)29)18-9-12-33(34)26(25(18)31-23)24-20(27)3-2-4-21(24)28/h2-6,9,12-15H,7-8,10-11H2,1H3. The highest BCUT2D eigenvalue weighted by Crippen LogP contribution is 2.41. The summed E-state index contributed by atoms with van der Waals surface area (Å²) in [5, 5.41) is 14.8. The summed E-state index contributed by atoms with van der Waals surface area (Å²) in [6, 6.07) is 13.2. The van der Waals surface area contributed by atoms with Crippen LogP contribution < -0.4 is 4.73 Å². The van der Waals surface area contributed by atoms with Crippen molar-refractivity contribution in [2.75, 3.05) is 20.1 Å². The molecule has 174 valence electrons. The molecule has 1 saturated heterocycles. The van der Waals surface area contributed by atoms with Crippen molar-refractivity contribution in [3.8, 4) is 22.4 Å². The van der Waals surface area contributed by atoms with Crippen molar-refractivity contribution in [1.29, 1.82) is 0 Å². The minimum Gasteiger partial charge on any atom is -0.618 e. The first kappa shape index (κ1) is 23.3. The largest absolute Gasteiger partial charge is 0.618 e. The van der Waals surface area contributed by atoms with Crippen molar-refractivity contribution in [3.63, 3.8) is 0 Å². The Bertz CT molecular complexity index is 1380. The molecule has 0 unspecified atom stereocenters. The van der Waals surface area contributed by atoms with Gasteiger partial charge < -0.3 is 10.1 Å². The van der Waals surface area contributed by atoms with Crippen LogP contribution in [0.1, 0.15) is 24.5 Å². The molecular weight excluding hydrogens is 496 g/mol. The van der Waals surface area contributed by atoms with Gasteiger partial charge in [0.05, 0.1) is 20.6 Å². The van der Waals surface area contributed by atoms with Gasteiger partial charge in [-0.15, -0.1) is 0 Å². The molecular formula is C26H21Cl3FN3O. The number of halogens is 4. The number of rotatable bonds is 3. The Morgan fingerprint density at radius 1 is 0.971 bits per heavy atom. The first-order chi connectivity index (χ1) is 16.3. The van der Waals surface area contributed by atoms with Gasteiger partial charge in [-0.25, -0.2) is 9.37 Å². The Balaban J connectivity index is 1.84. The van der Waals surface area contributed by atoms with Crippen molar-refractivity contribution >= 4 is 45.7 Å². The molecule has 0 aliphatic carbocycles. The number of likely N-dealkylation sites (tertiary alicyclic amines) is 1. The van der Waals surface area contributed by atoms with E-state index in [-0.39, 0.29) is 16.6 Å². The third kappa shape index (κ3) is 4.22. The molecule has 0 saturated carbocycles. The maximum atomic E-state index is 13.8. The van der Waals surface area contributed by atoms with Crippen molar-refractivity contribution in [2.24, 2.45) is 0 Å². The number of hydrogen-bond donors (Lipinski definition) is 0. The summed E-state index contributed by atoms with van der Waals surface area (Å²) in [7, 11) is 2.10. The van der Waals surface area contributed by atoms with Crippen LogP contribution in [0.4, 0.5) is 4.39 Å². The normalized spacial score (nSPS) is 15.2. The molecule has 0 spiro atoms. The lowest BCUT2D eigenvalue weighted by molar-refractivity contribution is -0.592. The lowest BCUT2D eigenvalue weighted by Crippen LogP contribution is -2.30. The summed E-state index contributed by atoms with van der Waals surface area (Å²) < 4.78 is 14.6. The Kier molecular flexibility index (Phi) is 6.38. The molecule has 0 atom stereocenters. The van der Waals surface area contributed by atoms with Crippen LogP contribution >= 0.6 is 34.8 Å². The number of aromatic nitrogens is 2. The zero-order valence-electron chi connectivity index (χ0n) is 18.4. The molecule has 2 aromatic heterocycles. The van der Waals surface area contributed by atoms with Crippen molar-refractivity contribution in [1.82, 2.24) is 9.88 Å². The second-order valence-corrected chi connectivity index (χ2v) is 9.87. The zero-order valence-corrected chi connectivity index (χ0v) is 20.6. The van der Waals surface area contributed by atoms with Crippen LogP contribution in [0.3, 0.4) is 0 Å². The second kappa shape index (κ2) is 9.31. The number of benzene rings is 2. The van der Waals surface area contributed by atoms with Crippen molar-refractivity contribution in [3.05, 3.63) is 86.5 Å². The summed E-state index contributed by atoms with van der Waals surface area (Å²) in [5.41, 5.74) is 3.52. The smallest absolute Gasteiger partial charge is 0.253 e. The molecule has 4 nitrogen and oxygen atoms in total. The van der Waals surface area contributed by atoms with Crippen LogP contribution in [0.25, 0.3) is 33.3 Å². The summed E-state index contributed by atoms with van der Waals surface area (Å²) >= 11 is 19.5. The summed E-state index contributed by atoms with van der Waals surface area (Å²) in [4.78, 5) is 7.29. The Morgan fingerprint density at radius 2 is 1.68 bits per heavy atom. The first-order valence-corrected chi connectivity index (χ1v) is 12.1. The fraction of sp³-hybridized carbons (Fsp3) is 0.231. The molecule has 4 aromatic rings. The third-order valence-electron chi connectivity index (χ3n) is 6.46. The van der Waals surface area contributed by atoms with Crippen LogP contribution in [-0.4, -0.2) is 30.0 Å². The van der Waals surface area contributed by atoms with E-state index in [0.29, 0.717) is 32.1 Å². The van der Waals surface area contributed by atoms with E-state index in [4.69, 9.17) is 39.8 Å². The minimum atomic E-state index is -0.413. The molecule has 8 heteroatoms. The predicted octanol–water partition coefficient (Wildman–Crippen LogP) is 7.11. The van der Waals surface area contributed by atoms with Crippen LogP contribution in [-0.2, 0) is 0 Å². The Hall–Kier alpha value is -2.44. The highest BCUT2D eigenvalue weighted by atomic mass is 35.5. The second-order valence-electron chi connectivity index (χ2n) is 8.65. The van der Waals surface area contributed by atoms with E-state index in [2.05, 4.69) is 11.9 Å². The molecule has 0 N–H and O–H groups in total. The topological polar surface area (TPSA) is 43.1 Å². The van der Waals surface area contributed by atoms with Gasteiger partial charge in [-0.3, -0.25) is 0 Å². The number of fused-ring (bicyclic) bond motifs is 1. The van der Waals surface area contributed by atoms with Gasteiger partial charge in [0.25, 0.3) is 5.69 Å². The lowest BCUT2D eigenvalue weighted by atomic mass is 9.90. The summed E-state index contributed by atoms with van der Waals surface area (Å²) in [6.07, 6.45) is 3.30. The van der Waals surface area contributed by atoms with Crippen LogP contribution in [0, 0.1) is 11.0 Å². The molecule has 0 amide bonds. The Labute approximate surface area is 212 Å². The van der Waals surface area contributed by atoms with E-state index < -0.39 is 5.82 Å². The van der Waals surface area contributed by atoms with Crippen molar-refractivity contribution in [2.45, 2.75) is 18.8 Å². The van der Waals surface area contributed by atoms with Crippen LogP contribution in [0.15, 0.2) is 54.7 Å². The minimum absolute atomic E-state index is 0.216. The third-order valence-corrected chi connectivity index (χ3v) is 7.40. The molecule has 34 heavy (non-hydrogen) atoms. The van der Waals surface area contributed by atoms with Gasteiger partial charge in [0.1, 0.15) is 11.3 Å². The first-order valence-electron chi connectivity index (χ1n) is 11.0. The van der Waals surface area contributed by atoms with Gasteiger partial charge in [0.15, 0.2) is 6.20 Å². The maximum Gasteiger partial charge on any atom is 0.253 e. The molecule has 0 bridgehead atoms.